The van der Waals surface area contributed by atoms with Crippen LogP contribution in [0.1, 0.15) is 104 Å². The Morgan fingerprint density at radius 1 is 0.643 bits per heavy atom. The van der Waals surface area contributed by atoms with Gasteiger partial charge in [-0.3, -0.25) is 0 Å². The van der Waals surface area contributed by atoms with Crippen LogP contribution >= 0.6 is 0 Å². The fourth-order valence-electron chi connectivity index (χ4n) is 4.34. The SMILES string of the molecule is CCCCCCCCCCCCCCCN1C=CN(c2ccccc2)C1CC. The summed E-state index contributed by atoms with van der Waals surface area (Å²) >= 11 is 0. The van der Waals surface area contributed by atoms with Crippen LogP contribution in [0, 0.1) is 0 Å². The molecule has 2 heteroatoms. The Morgan fingerprint density at radius 3 is 1.71 bits per heavy atom. The summed E-state index contributed by atoms with van der Waals surface area (Å²) in [7, 11) is 0. The van der Waals surface area contributed by atoms with E-state index in [4.69, 9.17) is 0 Å². The quantitative estimate of drug-likeness (QED) is 0.266. The maximum atomic E-state index is 2.53. The van der Waals surface area contributed by atoms with E-state index in [0.29, 0.717) is 6.17 Å². The molecule has 0 bridgehead atoms. The Morgan fingerprint density at radius 2 is 1.18 bits per heavy atom. The number of hydrogen-bond acceptors (Lipinski definition) is 2. The third-order valence-electron chi connectivity index (χ3n) is 6.06. The molecule has 28 heavy (non-hydrogen) atoms. The van der Waals surface area contributed by atoms with Crippen LogP contribution in [-0.4, -0.2) is 17.6 Å². The van der Waals surface area contributed by atoms with Gasteiger partial charge >= 0.3 is 0 Å². The highest BCUT2D eigenvalue weighted by Gasteiger charge is 2.24. The van der Waals surface area contributed by atoms with Crippen LogP contribution in [0.25, 0.3) is 0 Å². The summed E-state index contributed by atoms with van der Waals surface area (Å²) in [6, 6.07) is 10.8. The molecule has 1 atom stereocenters. The van der Waals surface area contributed by atoms with Crippen LogP contribution in [0.2, 0.25) is 0 Å². The molecule has 0 saturated heterocycles. The molecule has 1 aliphatic rings. The topological polar surface area (TPSA) is 6.48 Å². The monoisotopic (exact) mass is 384 g/mol. The molecule has 0 aromatic heterocycles. The van der Waals surface area contributed by atoms with E-state index in [0.717, 1.165) is 6.42 Å². The van der Waals surface area contributed by atoms with E-state index >= 15 is 0 Å². The molecule has 0 N–H and O–H groups in total. The summed E-state index contributed by atoms with van der Waals surface area (Å²) in [6.07, 6.45) is 24.7. The van der Waals surface area contributed by atoms with Crippen molar-refractivity contribution in [2.24, 2.45) is 0 Å². The lowest BCUT2D eigenvalue weighted by molar-refractivity contribution is 0.285. The van der Waals surface area contributed by atoms with Crippen LogP contribution in [0.5, 0.6) is 0 Å². The number of benzene rings is 1. The van der Waals surface area contributed by atoms with E-state index in [1.54, 1.807) is 0 Å². The van der Waals surface area contributed by atoms with Gasteiger partial charge in [0.2, 0.25) is 0 Å². The van der Waals surface area contributed by atoms with Crippen molar-refractivity contribution < 1.29 is 0 Å². The van der Waals surface area contributed by atoms with E-state index < -0.39 is 0 Å². The number of rotatable bonds is 16. The van der Waals surface area contributed by atoms with Gasteiger partial charge in [-0.1, -0.05) is 109 Å². The molecule has 1 aliphatic heterocycles. The molecule has 1 heterocycles. The molecular formula is C26H44N2. The Hall–Kier alpha value is -1.44. The number of unbranched alkanes of at least 4 members (excludes halogenated alkanes) is 12. The molecule has 0 aliphatic carbocycles. The predicted octanol–water partition coefficient (Wildman–Crippen LogP) is 8.11. The maximum Gasteiger partial charge on any atom is 0.105 e. The smallest absolute Gasteiger partial charge is 0.105 e. The second-order valence-corrected chi connectivity index (χ2v) is 8.41. The Bertz CT molecular complexity index is 510. The molecule has 0 amide bonds. The number of para-hydroxylation sites is 1. The first-order valence-electron chi connectivity index (χ1n) is 12.1. The molecule has 1 unspecified atom stereocenters. The molecule has 1 aromatic rings. The lowest BCUT2D eigenvalue weighted by Gasteiger charge is -2.32. The van der Waals surface area contributed by atoms with Gasteiger partial charge in [-0.25, -0.2) is 0 Å². The maximum absolute atomic E-state index is 2.53. The van der Waals surface area contributed by atoms with Gasteiger partial charge in [0, 0.05) is 24.6 Å². The fourth-order valence-corrected chi connectivity index (χ4v) is 4.34. The van der Waals surface area contributed by atoms with Crippen molar-refractivity contribution in [3.63, 3.8) is 0 Å². The number of nitrogens with zero attached hydrogens (tertiary/aromatic N) is 2. The largest absolute Gasteiger partial charge is 0.356 e. The standard InChI is InChI=1S/C26H44N2/c1-3-5-6-7-8-9-10-11-12-13-14-15-19-22-27-23-24-28(26(27)4-2)25-20-17-16-18-21-25/h16-18,20-21,23-24,26H,3-15,19,22H2,1-2H3. The van der Waals surface area contributed by atoms with Crippen molar-refractivity contribution >= 4 is 5.69 Å². The zero-order chi connectivity index (χ0) is 19.9. The van der Waals surface area contributed by atoms with E-state index in [1.165, 1.54) is 95.7 Å². The zero-order valence-corrected chi connectivity index (χ0v) is 18.6. The molecule has 0 spiro atoms. The molecule has 158 valence electrons. The molecule has 0 radical (unpaired) electrons. The summed E-state index contributed by atoms with van der Waals surface area (Å²) in [4.78, 5) is 4.95. The summed E-state index contributed by atoms with van der Waals surface area (Å²) in [5.41, 5.74) is 1.30. The Balaban J connectivity index is 1.47. The van der Waals surface area contributed by atoms with E-state index in [1.807, 2.05) is 0 Å². The molecule has 2 nitrogen and oxygen atoms in total. The van der Waals surface area contributed by atoms with Crippen molar-refractivity contribution in [2.45, 2.75) is 110 Å². The van der Waals surface area contributed by atoms with Gasteiger partial charge in [0.05, 0.1) is 0 Å². The van der Waals surface area contributed by atoms with Crippen molar-refractivity contribution in [1.29, 1.82) is 0 Å². The minimum absolute atomic E-state index is 0.486. The van der Waals surface area contributed by atoms with Crippen molar-refractivity contribution in [2.75, 3.05) is 11.4 Å². The lowest BCUT2D eigenvalue weighted by Crippen LogP contribution is -2.38. The lowest BCUT2D eigenvalue weighted by atomic mass is 10.0. The first-order valence-corrected chi connectivity index (χ1v) is 12.1. The number of hydrogen-bond donors (Lipinski definition) is 0. The highest BCUT2D eigenvalue weighted by atomic mass is 15.4. The molecule has 0 fully saturated rings. The first-order chi connectivity index (χ1) is 13.9. The normalized spacial score (nSPS) is 16.3. The van der Waals surface area contributed by atoms with Gasteiger partial charge in [0.15, 0.2) is 0 Å². The second kappa shape index (κ2) is 14.5. The number of anilines is 1. The fraction of sp³-hybridized carbons (Fsp3) is 0.692. The van der Waals surface area contributed by atoms with Gasteiger partial charge in [0.25, 0.3) is 0 Å². The Labute approximate surface area is 175 Å². The van der Waals surface area contributed by atoms with Crippen LogP contribution in [-0.2, 0) is 0 Å². The van der Waals surface area contributed by atoms with Crippen LogP contribution in [0.3, 0.4) is 0 Å². The van der Waals surface area contributed by atoms with Gasteiger partial charge in [-0.05, 0) is 25.0 Å². The minimum Gasteiger partial charge on any atom is -0.356 e. The summed E-state index contributed by atoms with van der Waals surface area (Å²) in [5, 5.41) is 0. The van der Waals surface area contributed by atoms with Gasteiger partial charge in [-0.15, -0.1) is 0 Å². The third kappa shape index (κ3) is 8.29. The molecule has 0 saturated carbocycles. The zero-order valence-electron chi connectivity index (χ0n) is 18.6. The van der Waals surface area contributed by atoms with E-state index in [9.17, 15) is 0 Å². The first kappa shape index (κ1) is 22.8. The predicted molar refractivity (Wildman–Crippen MR) is 125 cm³/mol. The highest BCUT2D eigenvalue weighted by Crippen LogP contribution is 2.26. The van der Waals surface area contributed by atoms with Crippen molar-refractivity contribution in [3.8, 4) is 0 Å². The summed E-state index contributed by atoms with van der Waals surface area (Å²) in [5.74, 6) is 0. The van der Waals surface area contributed by atoms with Crippen molar-refractivity contribution in [3.05, 3.63) is 42.7 Å². The third-order valence-corrected chi connectivity index (χ3v) is 6.06. The van der Waals surface area contributed by atoms with Gasteiger partial charge < -0.3 is 9.80 Å². The van der Waals surface area contributed by atoms with Crippen LogP contribution < -0.4 is 4.90 Å². The van der Waals surface area contributed by atoms with Crippen molar-refractivity contribution in [1.82, 2.24) is 4.90 Å². The minimum atomic E-state index is 0.486. The van der Waals surface area contributed by atoms with Gasteiger partial charge in [-0.2, -0.15) is 0 Å². The van der Waals surface area contributed by atoms with Crippen LogP contribution in [0.15, 0.2) is 42.7 Å². The molecular weight excluding hydrogens is 340 g/mol. The summed E-state index contributed by atoms with van der Waals surface area (Å²) < 4.78 is 0. The average molecular weight is 385 g/mol. The molecule has 2 rings (SSSR count). The Kier molecular flexibility index (Phi) is 11.9. The second-order valence-electron chi connectivity index (χ2n) is 8.41. The van der Waals surface area contributed by atoms with E-state index in [-0.39, 0.29) is 0 Å². The van der Waals surface area contributed by atoms with E-state index in [2.05, 4.69) is 66.4 Å². The highest BCUT2D eigenvalue weighted by molar-refractivity contribution is 5.51. The van der Waals surface area contributed by atoms with Crippen LogP contribution in [0.4, 0.5) is 5.69 Å². The molecule has 1 aromatic carbocycles. The average Bonchev–Trinajstić information content (AvgIpc) is 3.15. The summed E-state index contributed by atoms with van der Waals surface area (Å²) in [6.45, 7) is 5.78. The van der Waals surface area contributed by atoms with Gasteiger partial charge in [0.1, 0.15) is 6.17 Å².